The van der Waals surface area contributed by atoms with Gasteiger partial charge in [0.25, 0.3) is 0 Å². The normalized spacial score (nSPS) is 13.7. The molecule has 0 saturated carbocycles. The summed E-state index contributed by atoms with van der Waals surface area (Å²) in [6, 6.07) is 5.61. The second kappa shape index (κ2) is 5.18. The van der Waals surface area contributed by atoms with E-state index in [0.29, 0.717) is 19.4 Å². The summed E-state index contributed by atoms with van der Waals surface area (Å²) >= 11 is 0. The van der Waals surface area contributed by atoms with Crippen LogP contribution in [0, 0.1) is 0 Å². The number of carbonyl (C=O) groups is 2. The number of benzene rings is 1. The first-order valence-electron chi connectivity index (χ1n) is 5.98. The highest BCUT2D eigenvalue weighted by molar-refractivity contribution is 6.19. The minimum Gasteiger partial charge on any atom is -0.388 e. The molecule has 0 spiro atoms. The minimum absolute atomic E-state index is 0.139. The fourth-order valence-corrected chi connectivity index (χ4v) is 2.09. The van der Waals surface area contributed by atoms with Crippen molar-refractivity contribution in [1.29, 1.82) is 0 Å². The Morgan fingerprint density at radius 2 is 2.17 bits per heavy atom. The summed E-state index contributed by atoms with van der Waals surface area (Å²) in [5, 5.41) is 5.94. The molecule has 96 valence electrons. The molecule has 1 aromatic carbocycles. The van der Waals surface area contributed by atoms with Crippen molar-refractivity contribution in [3.05, 3.63) is 23.8 Å². The molecule has 0 saturated heterocycles. The van der Waals surface area contributed by atoms with Crippen LogP contribution in [0.5, 0.6) is 0 Å². The van der Waals surface area contributed by atoms with Gasteiger partial charge in [-0.25, -0.2) is 4.90 Å². The van der Waals surface area contributed by atoms with Crippen molar-refractivity contribution in [3.8, 4) is 0 Å². The average Bonchev–Trinajstić information content (AvgIpc) is 2.70. The molecule has 1 aliphatic rings. The lowest BCUT2D eigenvalue weighted by molar-refractivity contribution is -0.125. The summed E-state index contributed by atoms with van der Waals surface area (Å²) < 4.78 is 0. The molecule has 0 radical (unpaired) electrons. The lowest BCUT2D eigenvalue weighted by Crippen LogP contribution is -2.35. The standard InChI is InChI=1S/C13H17N3O2/c1-14-6-5-12(17)16-11-4-3-10(15-2)7-9(11)8-13(16)18/h3-4,7,14-15H,5-6,8H2,1-2H3. The highest BCUT2D eigenvalue weighted by Gasteiger charge is 2.31. The Balaban J connectivity index is 2.25. The van der Waals surface area contributed by atoms with Crippen LogP contribution in [-0.4, -0.2) is 32.5 Å². The number of anilines is 2. The van der Waals surface area contributed by atoms with E-state index in [9.17, 15) is 9.59 Å². The molecule has 1 heterocycles. The molecule has 0 unspecified atom stereocenters. The molecule has 0 aliphatic carbocycles. The van der Waals surface area contributed by atoms with E-state index < -0.39 is 0 Å². The Morgan fingerprint density at radius 3 is 2.83 bits per heavy atom. The number of rotatable bonds is 4. The summed E-state index contributed by atoms with van der Waals surface area (Å²) in [6.45, 7) is 0.576. The predicted molar refractivity (Wildman–Crippen MR) is 70.7 cm³/mol. The fourth-order valence-electron chi connectivity index (χ4n) is 2.09. The zero-order chi connectivity index (χ0) is 13.1. The van der Waals surface area contributed by atoms with Crippen LogP contribution >= 0.6 is 0 Å². The monoisotopic (exact) mass is 247 g/mol. The molecule has 18 heavy (non-hydrogen) atoms. The number of hydrogen-bond acceptors (Lipinski definition) is 4. The van der Waals surface area contributed by atoms with Crippen molar-refractivity contribution in [2.75, 3.05) is 30.9 Å². The molecule has 2 N–H and O–H groups in total. The first-order valence-corrected chi connectivity index (χ1v) is 5.98. The molecule has 1 aromatic rings. The molecule has 1 aliphatic heterocycles. The third-order valence-electron chi connectivity index (χ3n) is 3.04. The van der Waals surface area contributed by atoms with E-state index in [1.807, 2.05) is 25.2 Å². The quantitative estimate of drug-likeness (QED) is 0.824. The summed E-state index contributed by atoms with van der Waals surface area (Å²) in [5.74, 6) is -0.287. The van der Waals surface area contributed by atoms with E-state index in [0.717, 1.165) is 16.9 Å². The average molecular weight is 247 g/mol. The van der Waals surface area contributed by atoms with Crippen molar-refractivity contribution in [2.45, 2.75) is 12.8 Å². The third-order valence-corrected chi connectivity index (χ3v) is 3.04. The van der Waals surface area contributed by atoms with Gasteiger partial charge >= 0.3 is 0 Å². The van der Waals surface area contributed by atoms with Crippen molar-refractivity contribution in [2.24, 2.45) is 0 Å². The van der Waals surface area contributed by atoms with Crippen LogP contribution in [0.25, 0.3) is 0 Å². The van der Waals surface area contributed by atoms with Gasteiger partial charge in [-0.15, -0.1) is 0 Å². The molecule has 5 nitrogen and oxygen atoms in total. The Bertz CT molecular complexity index is 485. The van der Waals surface area contributed by atoms with Gasteiger partial charge in [-0.1, -0.05) is 0 Å². The molecule has 0 atom stereocenters. The van der Waals surface area contributed by atoms with E-state index in [4.69, 9.17) is 0 Å². The number of imide groups is 1. The molecule has 2 amide bonds. The third kappa shape index (κ3) is 2.22. The highest BCUT2D eigenvalue weighted by atomic mass is 16.2. The van der Waals surface area contributed by atoms with Crippen LogP contribution < -0.4 is 15.5 Å². The Labute approximate surface area is 106 Å². The van der Waals surface area contributed by atoms with Gasteiger partial charge in [0, 0.05) is 25.7 Å². The van der Waals surface area contributed by atoms with Gasteiger partial charge in [0.1, 0.15) is 0 Å². The predicted octanol–water partition coefficient (Wildman–Crippen LogP) is 0.753. The van der Waals surface area contributed by atoms with E-state index in [2.05, 4.69) is 10.6 Å². The second-order valence-electron chi connectivity index (χ2n) is 4.25. The van der Waals surface area contributed by atoms with Crippen molar-refractivity contribution in [3.63, 3.8) is 0 Å². The minimum atomic E-state index is -0.148. The molecular weight excluding hydrogens is 230 g/mol. The number of amides is 2. The zero-order valence-corrected chi connectivity index (χ0v) is 10.6. The van der Waals surface area contributed by atoms with Crippen molar-refractivity contribution < 1.29 is 9.59 Å². The van der Waals surface area contributed by atoms with Gasteiger partial charge in [-0.2, -0.15) is 0 Å². The lowest BCUT2D eigenvalue weighted by atomic mass is 10.1. The van der Waals surface area contributed by atoms with Crippen LogP contribution in [0.15, 0.2) is 18.2 Å². The number of hydrogen-bond donors (Lipinski definition) is 2. The molecule has 0 aromatic heterocycles. The summed E-state index contributed by atoms with van der Waals surface area (Å²) in [4.78, 5) is 25.2. The van der Waals surface area contributed by atoms with Crippen molar-refractivity contribution in [1.82, 2.24) is 5.32 Å². The lowest BCUT2D eigenvalue weighted by Gasteiger charge is -2.15. The maximum Gasteiger partial charge on any atom is 0.238 e. The molecular formula is C13H17N3O2. The molecule has 0 fully saturated rings. The topological polar surface area (TPSA) is 61.4 Å². The number of nitrogens with one attached hydrogen (secondary N) is 2. The SMILES string of the molecule is CNCCC(=O)N1C(=O)Cc2cc(NC)ccc21. The summed E-state index contributed by atoms with van der Waals surface area (Å²) in [5.41, 5.74) is 2.58. The fraction of sp³-hybridized carbons (Fsp3) is 0.385. The van der Waals surface area contributed by atoms with Gasteiger partial charge in [0.05, 0.1) is 12.1 Å². The van der Waals surface area contributed by atoms with Gasteiger partial charge in [-0.3, -0.25) is 9.59 Å². The van der Waals surface area contributed by atoms with Crippen molar-refractivity contribution >= 4 is 23.2 Å². The maximum absolute atomic E-state index is 12.0. The molecule has 5 heteroatoms. The number of nitrogens with zero attached hydrogens (tertiary/aromatic N) is 1. The number of fused-ring (bicyclic) bond motifs is 1. The first-order chi connectivity index (χ1) is 8.67. The summed E-state index contributed by atoms with van der Waals surface area (Å²) in [6.07, 6.45) is 0.631. The number of carbonyl (C=O) groups excluding carboxylic acids is 2. The maximum atomic E-state index is 12.0. The smallest absolute Gasteiger partial charge is 0.238 e. The van der Waals surface area contributed by atoms with Crippen LogP contribution in [0.3, 0.4) is 0 Å². The van der Waals surface area contributed by atoms with Gasteiger partial charge in [0.15, 0.2) is 0 Å². The van der Waals surface area contributed by atoms with E-state index in [-0.39, 0.29) is 11.8 Å². The van der Waals surface area contributed by atoms with Gasteiger partial charge in [0.2, 0.25) is 11.8 Å². The van der Waals surface area contributed by atoms with Crippen LogP contribution in [0.2, 0.25) is 0 Å². The van der Waals surface area contributed by atoms with Gasteiger partial charge < -0.3 is 10.6 Å². The Morgan fingerprint density at radius 1 is 1.39 bits per heavy atom. The van der Waals surface area contributed by atoms with E-state index >= 15 is 0 Å². The highest BCUT2D eigenvalue weighted by Crippen LogP contribution is 2.31. The van der Waals surface area contributed by atoms with Crippen LogP contribution in [0.4, 0.5) is 11.4 Å². The van der Waals surface area contributed by atoms with Gasteiger partial charge in [-0.05, 0) is 30.8 Å². The molecule has 0 bridgehead atoms. The van der Waals surface area contributed by atoms with E-state index in [1.54, 1.807) is 7.05 Å². The Hall–Kier alpha value is -1.88. The zero-order valence-electron chi connectivity index (χ0n) is 10.6. The van der Waals surface area contributed by atoms with Crippen LogP contribution in [-0.2, 0) is 16.0 Å². The van der Waals surface area contributed by atoms with E-state index in [1.165, 1.54) is 4.90 Å². The largest absolute Gasteiger partial charge is 0.388 e. The van der Waals surface area contributed by atoms with Crippen LogP contribution in [0.1, 0.15) is 12.0 Å². The Kier molecular flexibility index (Phi) is 3.62. The molecule has 2 rings (SSSR count). The second-order valence-corrected chi connectivity index (χ2v) is 4.25. The first kappa shape index (κ1) is 12.6. The summed E-state index contributed by atoms with van der Waals surface area (Å²) in [7, 11) is 3.61.